The minimum atomic E-state index is 0.271. The van der Waals surface area contributed by atoms with Crippen LogP contribution in [-0.2, 0) is 6.54 Å². The molecule has 1 heterocycles. The molecule has 1 aromatic carbocycles. The molecule has 2 rings (SSSR count). The number of hydrogen-bond acceptors (Lipinski definition) is 3. The first-order valence-corrected chi connectivity index (χ1v) is 4.58. The Morgan fingerprint density at radius 1 is 1.50 bits per heavy atom. The highest BCUT2D eigenvalue weighted by Gasteiger charge is 2.06. The minimum absolute atomic E-state index is 0.271. The van der Waals surface area contributed by atoms with Crippen molar-refractivity contribution in [2.24, 2.45) is 5.73 Å². The van der Waals surface area contributed by atoms with Gasteiger partial charge in [-0.15, -0.1) is 0 Å². The third-order valence-corrected chi connectivity index (χ3v) is 2.33. The number of aromatic nitrogens is 2. The van der Waals surface area contributed by atoms with Gasteiger partial charge in [0.1, 0.15) is 5.75 Å². The maximum absolute atomic E-state index is 9.33. The van der Waals surface area contributed by atoms with E-state index in [1.54, 1.807) is 12.1 Å². The third kappa shape index (κ3) is 1.33. The molecule has 0 aliphatic carbocycles. The third-order valence-electron chi connectivity index (χ3n) is 2.33. The van der Waals surface area contributed by atoms with Crippen molar-refractivity contribution in [2.45, 2.75) is 13.5 Å². The van der Waals surface area contributed by atoms with Crippen LogP contribution in [0.3, 0.4) is 0 Å². The Hall–Kier alpha value is -1.55. The van der Waals surface area contributed by atoms with Crippen LogP contribution in [0.4, 0.5) is 0 Å². The van der Waals surface area contributed by atoms with Crippen molar-refractivity contribution in [3.8, 4) is 5.75 Å². The standard InChI is InChI=1S/C10H13N3O/c1-7-9-6-8(14)2-3-10(9)12-13(7)5-4-11/h2-3,6,14H,4-5,11H2,1H3. The fourth-order valence-corrected chi connectivity index (χ4v) is 1.59. The van der Waals surface area contributed by atoms with Gasteiger partial charge < -0.3 is 10.8 Å². The lowest BCUT2D eigenvalue weighted by molar-refractivity contribution is 0.476. The monoisotopic (exact) mass is 191 g/mol. The van der Waals surface area contributed by atoms with Crippen LogP contribution in [0.1, 0.15) is 5.69 Å². The second kappa shape index (κ2) is 3.31. The van der Waals surface area contributed by atoms with Crippen LogP contribution in [0, 0.1) is 6.92 Å². The summed E-state index contributed by atoms with van der Waals surface area (Å²) < 4.78 is 1.87. The van der Waals surface area contributed by atoms with Crippen LogP contribution in [-0.4, -0.2) is 21.4 Å². The van der Waals surface area contributed by atoms with Crippen molar-refractivity contribution in [2.75, 3.05) is 6.54 Å². The average molecular weight is 191 g/mol. The molecule has 0 unspecified atom stereocenters. The van der Waals surface area contributed by atoms with Crippen molar-refractivity contribution in [3.63, 3.8) is 0 Å². The van der Waals surface area contributed by atoms with Crippen molar-refractivity contribution in [1.29, 1.82) is 0 Å². The molecule has 74 valence electrons. The van der Waals surface area contributed by atoms with E-state index in [4.69, 9.17) is 5.73 Å². The van der Waals surface area contributed by atoms with Crippen LogP contribution in [0.2, 0.25) is 0 Å². The number of nitrogens with zero attached hydrogens (tertiary/aromatic N) is 2. The Morgan fingerprint density at radius 3 is 3.00 bits per heavy atom. The number of aromatic hydroxyl groups is 1. The van der Waals surface area contributed by atoms with Crippen molar-refractivity contribution in [3.05, 3.63) is 23.9 Å². The summed E-state index contributed by atoms with van der Waals surface area (Å²) in [6.07, 6.45) is 0. The molecule has 0 bridgehead atoms. The molecule has 3 N–H and O–H groups in total. The lowest BCUT2D eigenvalue weighted by Crippen LogP contribution is -2.11. The Labute approximate surface area is 81.9 Å². The minimum Gasteiger partial charge on any atom is -0.508 e. The predicted octanol–water partition coefficient (Wildman–Crippen LogP) is 1.01. The van der Waals surface area contributed by atoms with E-state index in [0.717, 1.165) is 16.6 Å². The molecule has 0 aliphatic heterocycles. The summed E-state index contributed by atoms with van der Waals surface area (Å²) in [5, 5.41) is 14.7. The van der Waals surface area contributed by atoms with E-state index in [2.05, 4.69) is 5.10 Å². The summed E-state index contributed by atoms with van der Waals surface area (Å²) in [5.41, 5.74) is 7.41. The second-order valence-electron chi connectivity index (χ2n) is 3.30. The van der Waals surface area contributed by atoms with Crippen molar-refractivity contribution < 1.29 is 5.11 Å². The molecule has 1 aromatic heterocycles. The lowest BCUT2D eigenvalue weighted by atomic mass is 10.2. The van der Waals surface area contributed by atoms with Crippen LogP contribution in [0.5, 0.6) is 5.75 Å². The van der Waals surface area contributed by atoms with Gasteiger partial charge in [-0.25, -0.2) is 0 Å². The average Bonchev–Trinajstić information content (AvgIpc) is 2.46. The van der Waals surface area contributed by atoms with Gasteiger partial charge in [-0.1, -0.05) is 0 Å². The Morgan fingerprint density at radius 2 is 2.29 bits per heavy atom. The normalized spacial score (nSPS) is 11.0. The summed E-state index contributed by atoms with van der Waals surface area (Å²) >= 11 is 0. The molecule has 0 amide bonds. The van der Waals surface area contributed by atoms with E-state index in [-0.39, 0.29) is 5.75 Å². The molecule has 0 saturated carbocycles. The highest BCUT2D eigenvalue weighted by Crippen LogP contribution is 2.22. The van der Waals surface area contributed by atoms with E-state index >= 15 is 0 Å². The van der Waals surface area contributed by atoms with Gasteiger partial charge in [-0.2, -0.15) is 5.10 Å². The fourth-order valence-electron chi connectivity index (χ4n) is 1.59. The topological polar surface area (TPSA) is 64.1 Å². The number of hydrogen-bond donors (Lipinski definition) is 2. The molecule has 0 saturated heterocycles. The van der Waals surface area contributed by atoms with E-state index < -0.39 is 0 Å². The molecule has 0 aliphatic rings. The van der Waals surface area contributed by atoms with E-state index in [1.807, 2.05) is 17.7 Å². The molecule has 0 spiro atoms. The quantitative estimate of drug-likeness (QED) is 0.744. The fraction of sp³-hybridized carbons (Fsp3) is 0.300. The SMILES string of the molecule is Cc1c2cc(O)ccc2nn1CCN. The largest absolute Gasteiger partial charge is 0.508 e. The zero-order valence-electron chi connectivity index (χ0n) is 8.07. The van der Waals surface area contributed by atoms with Gasteiger partial charge in [-0.05, 0) is 25.1 Å². The summed E-state index contributed by atoms with van der Waals surface area (Å²) in [6, 6.07) is 5.18. The maximum atomic E-state index is 9.33. The number of rotatable bonds is 2. The van der Waals surface area contributed by atoms with Crippen molar-refractivity contribution in [1.82, 2.24) is 9.78 Å². The molecule has 0 fully saturated rings. The van der Waals surface area contributed by atoms with Gasteiger partial charge >= 0.3 is 0 Å². The van der Waals surface area contributed by atoms with Crippen LogP contribution in [0.25, 0.3) is 10.9 Å². The molecular weight excluding hydrogens is 178 g/mol. The molecule has 4 nitrogen and oxygen atoms in total. The second-order valence-corrected chi connectivity index (χ2v) is 3.30. The molecule has 0 atom stereocenters. The van der Waals surface area contributed by atoms with Crippen LogP contribution < -0.4 is 5.73 Å². The van der Waals surface area contributed by atoms with Gasteiger partial charge in [0.15, 0.2) is 0 Å². The summed E-state index contributed by atoms with van der Waals surface area (Å²) in [5.74, 6) is 0.271. The highest BCUT2D eigenvalue weighted by atomic mass is 16.3. The van der Waals surface area contributed by atoms with Gasteiger partial charge in [0.05, 0.1) is 12.1 Å². The summed E-state index contributed by atoms with van der Waals surface area (Å²) in [7, 11) is 0. The van der Waals surface area contributed by atoms with E-state index in [1.165, 1.54) is 0 Å². The Bertz CT molecular complexity index is 462. The first-order chi connectivity index (χ1) is 6.72. The highest BCUT2D eigenvalue weighted by molar-refractivity contribution is 5.82. The van der Waals surface area contributed by atoms with Gasteiger partial charge in [0.25, 0.3) is 0 Å². The van der Waals surface area contributed by atoms with Crippen LogP contribution >= 0.6 is 0 Å². The Kier molecular flexibility index (Phi) is 2.13. The number of nitrogens with two attached hydrogens (primary N) is 1. The van der Waals surface area contributed by atoms with E-state index in [9.17, 15) is 5.11 Å². The first-order valence-electron chi connectivity index (χ1n) is 4.58. The van der Waals surface area contributed by atoms with Gasteiger partial charge in [0, 0.05) is 17.6 Å². The molecule has 14 heavy (non-hydrogen) atoms. The smallest absolute Gasteiger partial charge is 0.116 e. The Balaban J connectivity index is 2.62. The summed E-state index contributed by atoms with van der Waals surface area (Å²) in [6.45, 7) is 3.26. The number of benzene rings is 1. The summed E-state index contributed by atoms with van der Waals surface area (Å²) in [4.78, 5) is 0. The zero-order chi connectivity index (χ0) is 10.1. The molecule has 4 heteroatoms. The van der Waals surface area contributed by atoms with Gasteiger partial charge in [0.2, 0.25) is 0 Å². The van der Waals surface area contributed by atoms with Crippen LogP contribution in [0.15, 0.2) is 18.2 Å². The van der Waals surface area contributed by atoms with Gasteiger partial charge in [-0.3, -0.25) is 4.68 Å². The number of aryl methyl sites for hydroxylation is 1. The molecule has 2 aromatic rings. The number of phenolic OH excluding ortho intramolecular Hbond substituents is 1. The van der Waals surface area contributed by atoms with E-state index in [0.29, 0.717) is 13.1 Å². The lowest BCUT2D eigenvalue weighted by Gasteiger charge is -1.99. The predicted molar refractivity (Wildman–Crippen MR) is 55.2 cm³/mol. The molecule has 0 radical (unpaired) electrons. The molecular formula is C10H13N3O. The number of fused-ring (bicyclic) bond motifs is 1. The number of phenols is 1. The zero-order valence-corrected chi connectivity index (χ0v) is 8.07. The van der Waals surface area contributed by atoms with Crippen molar-refractivity contribution >= 4 is 10.9 Å². The first kappa shape index (κ1) is 9.02. The maximum Gasteiger partial charge on any atom is 0.116 e.